The Kier molecular flexibility index (Phi) is 1.49. The number of aromatic hydroxyl groups is 1. The molecule has 0 radical (unpaired) electrons. The van der Waals surface area contributed by atoms with Crippen molar-refractivity contribution in [3.05, 3.63) is 22.5 Å². The molecule has 0 amide bonds. The van der Waals surface area contributed by atoms with E-state index >= 15 is 0 Å². The van der Waals surface area contributed by atoms with E-state index in [2.05, 4.69) is 10.1 Å². The molecule has 1 heterocycles. The minimum Gasteiger partial charge on any atom is -0.493 e. The second-order valence-corrected chi connectivity index (χ2v) is 1.67. The minimum atomic E-state index is -0.412. The number of hydrogen-bond acceptors (Lipinski definition) is 4. The third kappa shape index (κ3) is 1.02. The summed E-state index contributed by atoms with van der Waals surface area (Å²) in [6.07, 6.45) is 0. The van der Waals surface area contributed by atoms with E-state index in [0.29, 0.717) is 0 Å². The van der Waals surface area contributed by atoms with E-state index in [9.17, 15) is 4.79 Å². The molecule has 0 aliphatic heterocycles. The molecule has 0 aliphatic carbocycles. The van der Waals surface area contributed by atoms with Gasteiger partial charge in [-0.15, -0.1) is 0 Å². The van der Waals surface area contributed by atoms with Crippen LogP contribution in [0, 0.1) is 5.53 Å². The van der Waals surface area contributed by atoms with Crippen LogP contribution in [0.1, 0.15) is 0 Å². The standard InChI is InChI=1S/C5H5N3O2/c6-8-3-1-2-4(9)7-5(3)10/h1-2,6H,(H2,7,9,10). The van der Waals surface area contributed by atoms with Gasteiger partial charge in [-0.2, -0.15) is 5.11 Å². The Labute approximate surface area is 55.8 Å². The first-order valence-corrected chi connectivity index (χ1v) is 2.54. The Hall–Kier alpha value is -1.65. The highest BCUT2D eigenvalue weighted by atomic mass is 16.3. The second kappa shape index (κ2) is 2.30. The van der Waals surface area contributed by atoms with Crippen molar-refractivity contribution in [2.24, 2.45) is 5.11 Å². The first-order valence-electron chi connectivity index (χ1n) is 2.54. The zero-order valence-corrected chi connectivity index (χ0v) is 4.96. The lowest BCUT2D eigenvalue weighted by Crippen LogP contribution is -2.00. The number of nitrogens with one attached hydrogen (secondary N) is 2. The van der Waals surface area contributed by atoms with Gasteiger partial charge in [0.05, 0.1) is 0 Å². The summed E-state index contributed by atoms with van der Waals surface area (Å²) >= 11 is 0. The zero-order chi connectivity index (χ0) is 7.56. The third-order valence-corrected chi connectivity index (χ3v) is 0.997. The van der Waals surface area contributed by atoms with E-state index in [1.807, 2.05) is 0 Å². The van der Waals surface area contributed by atoms with Gasteiger partial charge in [0, 0.05) is 6.07 Å². The van der Waals surface area contributed by atoms with Crippen molar-refractivity contribution in [2.45, 2.75) is 0 Å². The molecule has 1 aromatic rings. The van der Waals surface area contributed by atoms with Gasteiger partial charge >= 0.3 is 0 Å². The number of aromatic nitrogens is 1. The maximum Gasteiger partial charge on any atom is 0.250 e. The summed E-state index contributed by atoms with van der Waals surface area (Å²) in [5, 5.41) is 11.8. The monoisotopic (exact) mass is 139 g/mol. The Bertz CT molecular complexity index is 304. The van der Waals surface area contributed by atoms with Crippen molar-refractivity contribution in [1.82, 2.24) is 4.98 Å². The molecule has 0 fully saturated rings. The fraction of sp³-hybridized carbons (Fsp3) is 0. The molecule has 0 bridgehead atoms. The van der Waals surface area contributed by atoms with Crippen LogP contribution in [-0.2, 0) is 0 Å². The summed E-state index contributed by atoms with van der Waals surface area (Å²) in [6, 6.07) is 2.45. The molecule has 0 saturated heterocycles. The topological polar surface area (TPSA) is 89.3 Å². The molecule has 10 heavy (non-hydrogen) atoms. The van der Waals surface area contributed by atoms with Gasteiger partial charge in [-0.3, -0.25) is 9.78 Å². The Balaban J connectivity index is 3.32. The lowest BCUT2D eigenvalue weighted by Gasteiger charge is -1.92. The molecule has 0 saturated carbocycles. The summed E-state index contributed by atoms with van der Waals surface area (Å²) in [7, 11) is 0. The molecule has 0 spiro atoms. The summed E-state index contributed by atoms with van der Waals surface area (Å²) in [5.41, 5.74) is 6.14. The summed E-state index contributed by atoms with van der Waals surface area (Å²) < 4.78 is 0. The molecule has 0 aliphatic rings. The largest absolute Gasteiger partial charge is 0.493 e. The van der Waals surface area contributed by atoms with Gasteiger partial charge in [0.1, 0.15) is 5.69 Å². The van der Waals surface area contributed by atoms with Gasteiger partial charge in [0.15, 0.2) is 0 Å². The van der Waals surface area contributed by atoms with Gasteiger partial charge in [-0.05, 0) is 6.07 Å². The number of nitrogens with zero attached hydrogens (tertiary/aromatic N) is 1. The Morgan fingerprint density at radius 1 is 1.60 bits per heavy atom. The van der Waals surface area contributed by atoms with Crippen LogP contribution >= 0.6 is 0 Å². The Morgan fingerprint density at radius 2 is 2.30 bits per heavy atom. The number of rotatable bonds is 1. The molecule has 5 heteroatoms. The predicted octanol–water partition coefficient (Wildman–Crippen LogP) is 0.743. The SMILES string of the molecule is N=Nc1ccc(=O)[nH]c1O. The molecule has 0 unspecified atom stereocenters. The Morgan fingerprint density at radius 3 is 2.80 bits per heavy atom. The van der Waals surface area contributed by atoms with Crippen LogP contribution < -0.4 is 5.56 Å². The molecule has 3 N–H and O–H groups in total. The maximum atomic E-state index is 10.4. The van der Waals surface area contributed by atoms with Crippen LogP contribution in [-0.4, -0.2) is 10.1 Å². The fourth-order valence-corrected chi connectivity index (χ4v) is 0.546. The van der Waals surface area contributed by atoms with Gasteiger partial charge in [-0.25, -0.2) is 5.53 Å². The van der Waals surface area contributed by atoms with Gasteiger partial charge in [-0.1, -0.05) is 0 Å². The van der Waals surface area contributed by atoms with Crippen molar-refractivity contribution in [2.75, 3.05) is 0 Å². The third-order valence-electron chi connectivity index (χ3n) is 0.997. The van der Waals surface area contributed by atoms with Crippen LogP contribution in [0.4, 0.5) is 5.69 Å². The number of hydrogen-bond donors (Lipinski definition) is 3. The number of pyridine rings is 1. The molecule has 52 valence electrons. The smallest absolute Gasteiger partial charge is 0.250 e. The molecular weight excluding hydrogens is 134 g/mol. The molecule has 5 nitrogen and oxygen atoms in total. The van der Waals surface area contributed by atoms with Crippen molar-refractivity contribution in [3.8, 4) is 5.88 Å². The fourth-order valence-electron chi connectivity index (χ4n) is 0.546. The van der Waals surface area contributed by atoms with Crippen LogP contribution in [0.5, 0.6) is 5.88 Å². The van der Waals surface area contributed by atoms with Crippen molar-refractivity contribution >= 4 is 5.69 Å². The van der Waals surface area contributed by atoms with E-state index in [1.54, 1.807) is 0 Å². The first kappa shape index (κ1) is 6.47. The molecule has 0 aromatic carbocycles. The average molecular weight is 139 g/mol. The van der Waals surface area contributed by atoms with Gasteiger partial charge in [0.2, 0.25) is 5.88 Å². The quantitative estimate of drug-likeness (QED) is 0.501. The number of H-pyrrole nitrogens is 1. The van der Waals surface area contributed by atoms with Crippen molar-refractivity contribution in [1.29, 1.82) is 5.53 Å². The predicted molar refractivity (Wildman–Crippen MR) is 33.5 cm³/mol. The van der Waals surface area contributed by atoms with Crippen LogP contribution in [0.15, 0.2) is 22.0 Å². The van der Waals surface area contributed by atoms with E-state index in [0.717, 1.165) is 0 Å². The van der Waals surface area contributed by atoms with Gasteiger partial charge in [0.25, 0.3) is 5.56 Å². The van der Waals surface area contributed by atoms with E-state index in [4.69, 9.17) is 10.6 Å². The summed E-state index contributed by atoms with van der Waals surface area (Å²) in [4.78, 5) is 12.5. The second-order valence-electron chi connectivity index (χ2n) is 1.67. The summed E-state index contributed by atoms with van der Waals surface area (Å²) in [5.74, 6) is -0.373. The van der Waals surface area contributed by atoms with Crippen molar-refractivity contribution < 1.29 is 5.11 Å². The average Bonchev–Trinajstić information content (AvgIpc) is 1.88. The maximum absolute atomic E-state index is 10.4. The van der Waals surface area contributed by atoms with Crippen LogP contribution in [0.3, 0.4) is 0 Å². The molecule has 1 aromatic heterocycles. The lowest BCUT2D eigenvalue weighted by atomic mass is 10.4. The van der Waals surface area contributed by atoms with Crippen LogP contribution in [0.2, 0.25) is 0 Å². The minimum absolute atomic E-state index is 0.0552. The van der Waals surface area contributed by atoms with E-state index in [1.165, 1.54) is 12.1 Å². The summed E-state index contributed by atoms with van der Waals surface area (Å²) in [6.45, 7) is 0. The normalized spacial score (nSPS) is 9.20. The molecule has 1 rings (SSSR count). The number of aromatic amines is 1. The van der Waals surface area contributed by atoms with E-state index < -0.39 is 5.56 Å². The van der Waals surface area contributed by atoms with Crippen molar-refractivity contribution in [3.63, 3.8) is 0 Å². The first-order chi connectivity index (χ1) is 4.74. The zero-order valence-electron chi connectivity index (χ0n) is 4.96. The molecule has 0 atom stereocenters. The highest BCUT2D eigenvalue weighted by molar-refractivity contribution is 5.43. The van der Waals surface area contributed by atoms with Gasteiger partial charge < -0.3 is 5.11 Å². The van der Waals surface area contributed by atoms with Crippen LogP contribution in [0.25, 0.3) is 0 Å². The lowest BCUT2D eigenvalue weighted by molar-refractivity contribution is 0.452. The molecular formula is C5H5N3O2. The highest BCUT2D eigenvalue weighted by Crippen LogP contribution is 2.19. The van der Waals surface area contributed by atoms with E-state index in [-0.39, 0.29) is 11.6 Å². The highest BCUT2D eigenvalue weighted by Gasteiger charge is 1.96.